The number of nitrogens with zero attached hydrogens (tertiary/aromatic N) is 3. The average molecular weight is 361 g/mol. The molecule has 0 bridgehead atoms. The Hall–Kier alpha value is -2.15. The van der Waals surface area contributed by atoms with Crippen molar-refractivity contribution in [1.29, 1.82) is 0 Å². The van der Waals surface area contributed by atoms with Gasteiger partial charge in [0.1, 0.15) is 11.6 Å². The number of likely N-dealkylation sites (tertiary alicyclic amines) is 2. The number of pyridine rings is 1. The second kappa shape index (κ2) is 7.61. The second-order valence-electron chi connectivity index (χ2n) is 7.38. The zero-order valence-corrected chi connectivity index (χ0v) is 15.5. The lowest BCUT2D eigenvalue weighted by molar-refractivity contribution is -0.142. The highest BCUT2D eigenvalue weighted by molar-refractivity contribution is 5.96. The lowest BCUT2D eigenvalue weighted by Gasteiger charge is -2.39. The summed E-state index contributed by atoms with van der Waals surface area (Å²) < 4.78 is 5.20. The van der Waals surface area contributed by atoms with Gasteiger partial charge in [-0.05, 0) is 49.8 Å². The summed E-state index contributed by atoms with van der Waals surface area (Å²) in [6, 6.07) is 3.08. The number of aromatic nitrogens is 1. The molecule has 0 radical (unpaired) electrons. The third-order valence-electron chi connectivity index (χ3n) is 5.71. The molecule has 26 heavy (non-hydrogen) atoms. The van der Waals surface area contributed by atoms with E-state index in [1.807, 2.05) is 4.90 Å². The molecular formula is C19H27N3O4. The van der Waals surface area contributed by atoms with Gasteiger partial charge in [0.2, 0.25) is 5.88 Å². The predicted molar refractivity (Wildman–Crippen MR) is 96.3 cm³/mol. The summed E-state index contributed by atoms with van der Waals surface area (Å²) >= 11 is 0. The largest absolute Gasteiger partial charge is 0.480 e. The van der Waals surface area contributed by atoms with Crippen LogP contribution in [-0.4, -0.2) is 71.1 Å². The monoisotopic (exact) mass is 361 g/mol. The molecule has 2 saturated heterocycles. The summed E-state index contributed by atoms with van der Waals surface area (Å²) in [5, 5.41) is 9.54. The van der Waals surface area contributed by atoms with E-state index in [0.717, 1.165) is 32.4 Å². The molecule has 2 fully saturated rings. The quantitative estimate of drug-likeness (QED) is 0.862. The van der Waals surface area contributed by atoms with Gasteiger partial charge in [0.25, 0.3) is 5.91 Å². The fourth-order valence-corrected chi connectivity index (χ4v) is 4.34. The van der Waals surface area contributed by atoms with Crippen LogP contribution >= 0.6 is 0 Å². The molecule has 7 nitrogen and oxygen atoms in total. The second-order valence-corrected chi connectivity index (χ2v) is 7.38. The Kier molecular flexibility index (Phi) is 5.46. The van der Waals surface area contributed by atoms with Crippen LogP contribution in [0, 0.1) is 5.41 Å². The van der Waals surface area contributed by atoms with Crippen molar-refractivity contribution in [1.82, 2.24) is 14.8 Å². The van der Waals surface area contributed by atoms with Crippen molar-refractivity contribution in [2.24, 2.45) is 5.41 Å². The van der Waals surface area contributed by atoms with E-state index in [1.165, 1.54) is 7.11 Å². The van der Waals surface area contributed by atoms with Crippen LogP contribution < -0.4 is 4.74 Å². The number of methoxy groups -OCH3 is 1. The zero-order chi connectivity index (χ0) is 18.7. The van der Waals surface area contributed by atoms with Crippen molar-refractivity contribution in [2.45, 2.75) is 38.6 Å². The molecule has 1 aromatic rings. The fraction of sp³-hybridized carbons (Fsp3) is 0.632. The van der Waals surface area contributed by atoms with E-state index < -0.39 is 12.0 Å². The number of hydrogen-bond acceptors (Lipinski definition) is 5. The van der Waals surface area contributed by atoms with E-state index in [9.17, 15) is 14.7 Å². The summed E-state index contributed by atoms with van der Waals surface area (Å²) in [5.74, 6) is -0.448. The van der Waals surface area contributed by atoms with Crippen LogP contribution in [0.3, 0.4) is 0 Å². The number of amides is 1. The minimum absolute atomic E-state index is 0.00797. The van der Waals surface area contributed by atoms with Crippen molar-refractivity contribution in [3.63, 3.8) is 0 Å². The number of carbonyl (C=O) groups is 2. The summed E-state index contributed by atoms with van der Waals surface area (Å²) in [6.07, 6.45) is 4.91. The zero-order valence-electron chi connectivity index (χ0n) is 15.5. The summed E-state index contributed by atoms with van der Waals surface area (Å²) in [6.45, 7) is 4.99. The molecule has 3 heterocycles. The van der Waals surface area contributed by atoms with Crippen molar-refractivity contribution < 1.29 is 19.4 Å². The Morgan fingerprint density at radius 1 is 1.38 bits per heavy atom. The van der Waals surface area contributed by atoms with Crippen LogP contribution in [0.1, 0.15) is 43.0 Å². The molecule has 7 heteroatoms. The molecule has 3 rings (SSSR count). The van der Waals surface area contributed by atoms with Gasteiger partial charge < -0.3 is 14.7 Å². The van der Waals surface area contributed by atoms with Gasteiger partial charge >= 0.3 is 5.97 Å². The molecule has 1 N–H and O–H groups in total. The number of hydrogen-bond donors (Lipinski definition) is 1. The highest BCUT2D eigenvalue weighted by atomic mass is 16.5. The van der Waals surface area contributed by atoms with Crippen LogP contribution in [0.2, 0.25) is 0 Å². The molecular weight excluding hydrogens is 334 g/mol. The average Bonchev–Trinajstić information content (AvgIpc) is 3.00. The number of piperidine rings is 1. The molecule has 2 aliphatic rings. The third-order valence-corrected chi connectivity index (χ3v) is 5.71. The highest BCUT2D eigenvalue weighted by Crippen LogP contribution is 2.43. The Balaban J connectivity index is 1.67. The van der Waals surface area contributed by atoms with Gasteiger partial charge in [-0.2, -0.15) is 0 Å². The van der Waals surface area contributed by atoms with Crippen LogP contribution in [0.25, 0.3) is 0 Å². The van der Waals surface area contributed by atoms with E-state index in [4.69, 9.17) is 4.74 Å². The number of rotatable bonds is 5. The summed E-state index contributed by atoms with van der Waals surface area (Å²) in [5.41, 5.74) is 0.488. The maximum atomic E-state index is 12.8. The van der Waals surface area contributed by atoms with Gasteiger partial charge in [-0.25, -0.2) is 4.98 Å². The smallest absolute Gasteiger partial charge is 0.320 e. The molecule has 1 spiro atoms. The lowest BCUT2D eigenvalue weighted by Crippen LogP contribution is -2.44. The SMILES string of the molecule is CCCN1CC2(CCN(C(=O)c3cccnc3OC)CC2)C[C@@H]1C(=O)O. The molecule has 1 amide bonds. The molecule has 1 atom stereocenters. The van der Waals surface area contributed by atoms with E-state index >= 15 is 0 Å². The van der Waals surface area contributed by atoms with Crippen molar-refractivity contribution >= 4 is 11.9 Å². The lowest BCUT2D eigenvalue weighted by atomic mass is 9.76. The molecule has 0 aliphatic carbocycles. The van der Waals surface area contributed by atoms with E-state index in [2.05, 4.69) is 16.8 Å². The van der Waals surface area contributed by atoms with Crippen LogP contribution in [0.5, 0.6) is 5.88 Å². The Labute approximate surface area is 153 Å². The Bertz CT molecular complexity index is 671. The Morgan fingerprint density at radius 3 is 2.73 bits per heavy atom. The first kappa shape index (κ1) is 18.6. The van der Waals surface area contributed by atoms with Gasteiger partial charge in [-0.1, -0.05) is 6.92 Å². The number of carboxylic acids is 1. The predicted octanol–water partition coefficient (Wildman–Crippen LogP) is 1.88. The van der Waals surface area contributed by atoms with E-state index in [-0.39, 0.29) is 11.3 Å². The van der Waals surface area contributed by atoms with Crippen LogP contribution in [0.15, 0.2) is 18.3 Å². The topological polar surface area (TPSA) is 83.0 Å². The summed E-state index contributed by atoms with van der Waals surface area (Å²) in [7, 11) is 1.51. The van der Waals surface area contributed by atoms with Crippen molar-refractivity contribution in [3.05, 3.63) is 23.9 Å². The first-order valence-electron chi connectivity index (χ1n) is 9.25. The van der Waals surface area contributed by atoms with Crippen LogP contribution in [0.4, 0.5) is 0 Å². The molecule has 1 aromatic heterocycles. The van der Waals surface area contributed by atoms with Gasteiger partial charge in [0.15, 0.2) is 0 Å². The number of carbonyl (C=O) groups excluding carboxylic acids is 1. The standard InChI is InChI=1S/C19H27N3O4/c1-3-9-22-13-19(12-15(22)18(24)25)6-10-21(11-7-19)17(23)14-5-4-8-20-16(14)26-2/h4-5,8,15H,3,6-7,9-13H2,1-2H3,(H,24,25)/t15-/m1/s1. The van der Waals surface area contributed by atoms with Crippen molar-refractivity contribution in [2.75, 3.05) is 33.3 Å². The van der Waals surface area contributed by atoms with Gasteiger partial charge in [0, 0.05) is 25.8 Å². The number of aliphatic carboxylic acids is 1. The fourth-order valence-electron chi connectivity index (χ4n) is 4.34. The minimum atomic E-state index is -0.728. The maximum absolute atomic E-state index is 12.8. The van der Waals surface area contributed by atoms with Crippen LogP contribution in [-0.2, 0) is 4.79 Å². The first-order chi connectivity index (χ1) is 12.5. The van der Waals surface area contributed by atoms with E-state index in [1.54, 1.807) is 18.3 Å². The highest BCUT2D eigenvalue weighted by Gasteiger charge is 2.48. The Morgan fingerprint density at radius 2 is 2.12 bits per heavy atom. The minimum Gasteiger partial charge on any atom is -0.480 e. The first-order valence-corrected chi connectivity index (χ1v) is 9.25. The normalized spacial score (nSPS) is 22.5. The number of carboxylic acid groups (broad SMARTS) is 1. The molecule has 0 unspecified atom stereocenters. The molecule has 0 saturated carbocycles. The summed E-state index contributed by atoms with van der Waals surface area (Å²) in [4.78, 5) is 32.5. The number of ether oxygens (including phenoxy) is 1. The van der Waals surface area contributed by atoms with Gasteiger partial charge in [0.05, 0.1) is 7.11 Å². The third kappa shape index (κ3) is 3.53. The molecule has 142 valence electrons. The molecule has 0 aromatic carbocycles. The van der Waals surface area contributed by atoms with Gasteiger partial charge in [-0.15, -0.1) is 0 Å². The van der Waals surface area contributed by atoms with Gasteiger partial charge in [-0.3, -0.25) is 14.5 Å². The van der Waals surface area contributed by atoms with Crippen molar-refractivity contribution in [3.8, 4) is 5.88 Å². The van der Waals surface area contributed by atoms with E-state index in [0.29, 0.717) is 31.0 Å². The maximum Gasteiger partial charge on any atom is 0.320 e. The molecule has 2 aliphatic heterocycles.